The van der Waals surface area contributed by atoms with E-state index in [9.17, 15) is 9.59 Å². The van der Waals surface area contributed by atoms with E-state index in [0.717, 1.165) is 21.4 Å². The molecule has 1 heterocycles. The van der Waals surface area contributed by atoms with Gasteiger partial charge in [-0.1, -0.05) is 22.0 Å². The first-order chi connectivity index (χ1) is 11.5. The molecule has 2 N–H and O–H groups in total. The van der Waals surface area contributed by atoms with Crippen LogP contribution in [0.15, 0.2) is 47.1 Å². The SMILES string of the molecule is Cc1cc(Br)ccc1NC(=O)C1(C(=O)NCc2ccccn2)CC1. The summed E-state index contributed by atoms with van der Waals surface area (Å²) in [6, 6.07) is 11.1. The third kappa shape index (κ3) is 3.48. The van der Waals surface area contributed by atoms with Crippen LogP contribution in [0.25, 0.3) is 0 Å². The Labute approximate surface area is 149 Å². The second-order valence-electron chi connectivity index (χ2n) is 6.00. The number of aryl methyl sites for hydroxylation is 1. The number of benzene rings is 1. The Hall–Kier alpha value is -2.21. The zero-order valence-electron chi connectivity index (χ0n) is 13.3. The van der Waals surface area contributed by atoms with Crippen LogP contribution in [-0.4, -0.2) is 16.8 Å². The van der Waals surface area contributed by atoms with Crippen molar-refractivity contribution in [3.8, 4) is 0 Å². The first-order valence-corrected chi connectivity index (χ1v) is 8.56. The Balaban J connectivity index is 1.64. The molecule has 0 spiro atoms. The molecule has 5 nitrogen and oxygen atoms in total. The van der Waals surface area contributed by atoms with Crippen LogP contribution < -0.4 is 10.6 Å². The number of anilines is 1. The van der Waals surface area contributed by atoms with Gasteiger partial charge in [0.1, 0.15) is 5.41 Å². The van der Waals surface area contributed by atoms with E-state index in [1.807, 2.05) is 43.3 Å². The summed E-state index contributed by atoms with van der Waals surface area (Å²) in [5.41, 5.74) is 1.49. The molecule has 3 rings (SSSR count). The van der Waals surface area contributed by atoms with Gasteiger partial charge in [-0.15, -0.1) is 0 Å². The number of halogens is 1. The Kier molecular flexibility index (Phi) is 4.66. The van der Waals surface area contributed by atoms with Gasteiger partial charge in [0, 0.05) is 16.4 Å². The lowest BCUT2D eigenvalue weighted by Gasteiger charge is -2.16. The van der Waals surface area contributed by atoms with E-state index in [1.165, 1.54) is 0 Å². The number of amides is 2. The second kappa shape index (κ2) is 6.73. The van der Waals surface area contributed by atoms with Crippen LogP contribution >= 0.6 is 15.9 Å². The minimum atomic E-state index is -0.950. The van der Waals surface area contributed by atoms with Crippen molar-refractivity contribution in [1.82, 2.24) is 10.3 Å². The van der Waals surface area contributed by atoms with E-state index in [-0.39, 0.29) is 11.8 Å². The second-order valence-corrected chi connectivity index (χ2v) is 6.91. The maximum Gasteiger partial charge on any atom is 0.240 e. The molecule has 0 atom stereocenters. The average Bonchev–Trinajstić information content (AvgIpc) is 3.38. The molecule has 0 saturated heterocycles. The van der Waals surface area contributed by atoms with E-state index in [2.05, 4.69) is 31.5 Å². The van der Waals surface area contributed by atoms with Gasteiger partial charge in [-0.3, -0.25) is 14.6 Å². The molecule has 0 radical (unpaired) electrons. The number of hydrogen-bond donors (Lipinski definition) is 2. The molecular formula is C18H18BrN3O2. The lowest BCUT2D eigenvalue weighted by atomic mass is 10.0. The standard InChI is InChI=1S/C18H18BrN3O2/c1-12-10-13(19)5-6-15(12)22-17(24)18(7-8-18)16(23)21-11-14-4-2-3-9-20-14/h2-6,9-10H,7-8,11H2,1H3,(H,21,23)(H,22,24). The van der Waals surface area contributed by atoms with E-state index in [0.29, 0.717) is 19.4 Å². The topological polar surface area (TPSA) is 71.1 Å². The fourth-order valence-corrected chi connectivity index (χ4v) is 3.01. The van der Waals surface area contributed by atoms with Crippen molar-refractivity contribution in [2.75, 3.05) is 5.32 Å². The summed E-state index contributed by atoms with van der Waals surface area (Å²) in [5.74, 6) is -0.480. The van der Waals surface area contributed by atoms with Gasteiger partial charge in [0.2, 0.25) is 11.8 Å². The van der Waals surface area contributed by atoms with Gasteiger partial charge < -0.3 is 10.6 Å². The molecule has 24 heavy (non-hydrogen) atoms. The molecule has 2 amide bonds. The summed E-state index contributed by atoms with van der Waals surface area (Å²) < 4.78 is 0.951. The number of nitrogens with one attached hydrogen (secondary N) is 2. The molecule has 2 aromatic rings. The van der Waals surface area contributed by atoms with Crippen molar-refractivity contribution in [3.63, 3.8) is 0 Å². The summed E-state index contributed by atoms with van der Waals surface area (Å²) in [7, 11) is 0. The van der Waals surface area contributed by atoms with Crippen molar-refractivity contribution in [3.05, 3.63) is 58.3 Å². The third-order valence-electron chi connectivity index (χ3n) is 4.21. The Morgan fingerprint density at radius 3 is 2.62 bits per heavy atom. The van der Waals surface area contributed by atoms with E-state index in [4.69, 9.17) is 0 Å². The molecule has 0 unspecified atom stereocenters. The van der Waals surface area contributed by atoms with Crippen LogP contribution in [0.5, 0.6) is 0 Å². The van der Waals surface area contributed by atoms with E-state index in [1.54, 1.807) is 6.20 Å². The summed E-state index contributed by atoms with van der Waals surface area (Å²) in [6.07, 6.45) is 2.82. The van der Waals surface area contributed by atoms with Gasteiger partial charge in [0.05, 0.1) is 12.2 Å². The first kappa shape index (κ1) is 16.6. The fraction of sp³-hybridized carbons (Fsp3) is 0.278. The number of nitrogens with zero attached hydrogens (tertiary/aromatic N) is 1. The number of pyridine rings is 1. The number of carbonyl (C=O) groups excluding carboxylic acids is 2. The number of hydrogen-bond acceptors (Lipinski definition) is 3. The number of rotatable bonds is 5. The average molecular weight is 388 g/mol. The van der Waals surface area contributed by atoms with Gasteiger partial charge in [-0.25, -0.2) is 0 Å². The minimum absolute atomic E-state index is 0.236. The third-order valence-corrected chi connectivity index (χ3v) is 4.71. The predicted octanol–water partition coefficient (Wildman–Crippen LogP) is 3.19. The van der Waals surface area contributed by atoms with Gasteiger partial charge in [-0.05, 0) is 55.7 Å². The lowest BCUT2D eigenvalue weighted by molar-refractivity contribution is -0.134. The van der Waals surface area contributed by atoms with Gasteiger partial charge in [0.25, 0.3) is 0 Å². The van der Waals surface area contributed by atoms with Crippen molar-refractivity contribution < 1.29 is 9.59 Å². The highest BCUT2D eigenvalue weighted by molar-refractivity contribution is 9.10. The van der Waals surface area contributed by atoms with E-state index >= 15 is 0 Å². The molecule has 1 saturated carbocycles. The van der Waals surface area contributed by atoms with Crippen LogP contribution in [0.4, 0.5) is 5.69 Å². The van der Waals surface area contributed by atoms with Crippen LogP contribution in [0.1, 0.15) is 24.1 Å². The summed E-state index contributed by atoms with van der Waals surface area (Å²) in [4.78, 5) is 29.2. The van der Waals surface area contributed by atoms with Crippen LogP contribution in [0, 0.1) is 12.3 Å². The molecule has 1 aromatic heterocycles. The smallest absolute Gasteiger partial charge is 0.240 e. The molecular weight excluding hydrogens is 370 g/mol. The highest BCUT2D eigenvalue weighted by atomic mass is 79.9. The monoisotopic (exact) mass is 387 g/mol. The maximum atomic E-state index is 12.6. The van der Waals surface area contributed by atoms with Gasteiger partial charge in [0.15, 0.2) is 0 Å². The summed E-state index contributed by atoms with van der Waals surface area (Å²) in [6.45, 7) is 2.24. The predicted molar refractivity (Wildman–Crippen MR) is 95.3 cm³/mol. The first-order valence-electron chi connectivity index (χ1n) is 7.77. The van der Waals surface area contributed by atoms with Gasteiger partial charge >= 0.3 is 0 Å². The Morgan fingerprint density at radius 1 is 1.21 bits per heavy atom. The fourth-order valence-electron chi connectivity index (χ4n) is 2.53. The molecule has 124 valence electrons. The molecule has 0 aliphatic heterocycles. The van der Waals surface area contributed by atoms with Crippen molar-refractivity contribution in [1.29, 1.82) is 0 Å². The van der Waals surface area contributed by atoms with Crippen LogP contribution in [-0.2, 0) is 16.1 Å². The number of carbonyl (C=O) groups is 2. The molecule has 1 aliphatic carbocycles. The summed E-state index contributed by atoms with van der Waals surface area (Å²) in [5, 5.41) is 5.71. The molecule has 1 aromatic carbocycles. The Bertz CT molecular complexity index is 773. The quantitative estimate of drug-likeness (QED) is 0.773. The van der Waals surface area contributed by atoms with Crippen molar-refractivity contribution >= 4 is 33.4 Å². The molecule has 6 heteroatoms. The normalized spacial score (nSPS) is 14.8. The molecule has 0 bridgehead atoms. The van der Waals surface area contributed by atoms with E-state index < -0.39 is 5.41 Å². The van der Waals surface area contributed by atoms with Crippen LogP contribution in [0.3, 0.4) is 0 Å². The molecule has 1 aliphatic rings. The largest absolute Gasteiger partial charge is 0.350 e. The van der Waals surface area contributed by atoms with Crippen molar-refractivity contribution in [2.24, 2.45) is 5.41 Å². The zero-order valence-corrected chi connectivity index (χ0v) is 14.9. The lowest BCUT2D eigenvalue weighted by Crippen LogP contribution is -2.39. The van der Waals surface area contributed by atoms with Crippen molar-refractivity contribution in [2.45, 2.75) is 26.3 Å². The highest BCUT2D eigenvalue weighted by Gasteiger charge is 2.56. The van der Waals surface area contributed by atoms with Crippen LogP contribution in [0.2, 0.25) is 0 Å². The zero-order chi connectivity index (χ0) is 17.2. The Morgan fingerprint density at radius 2 is 2.00 bits per heavy atom. The molecule has 1 fully saturated rings. The number of aromatic nitrogens is 1. The maximum absolute atomic E-state index is 12.6. The minimum Gasteiger partial charge on any atom is -0.350 e. The highest BCUT2D eigenvalue weighted by Crippen LogP contribution is 2.47. The summed E-state index contributed by atoms with van der Waals surface area (Å²) >= 11 is 3.40. The van der Waals surface area contributed by atoms with Gasteiger partial charge in [-0.2, -0.15) is 0 Å².